The zero-order valence-electron chi connectivity index (χ0n) is 11.5. The van der Waals surface area contributed by atoms with Crippen LogP contribution in [-0.4, -0.2) is 15.9 Å². The topological polar surface area (TPSA) is 54.9 Å². The van der Waals surface area contributed by atoms with Crippen LogP contribution < -0.4 is 5.32 Å². The second kappa shape index (κ2) is 6.68. The van der Waals surface area contributed by atoms with Gasteiger partial charge >= 0.3 is 0 Å². The number of carbonyl (C=O) groups excluding carboxylic acids is 1. The van der Waals surface area contributed by atoms with Crippen LogP contribution in [0.1, 0.15) is 20.8 Å². The van der Waals surface area contributed by atoms with E-state index in [4.69, 9.17) is 11.6 Å². The summed E-state index contributed by atoms with van der Waals surface area (Å²) in [6, 6.07) is 11.0. The summed E-state index contributed by atoms with van der Waals surface area (Å²) in [4.78, 5) is 21.2. The van der Waals surface area contributed by atoms with Gasteiger partial charge < -0.3 is 0 Å². The normalized spacial score (nSPS) is 10.4. The summed E-state index contributed by atoms with van der Waals surface area (Å²) in [6.45, 7) is 0. The van der Waals surface area contributed by atoms with E-state index in [1.165, 1.54) is 11.3 Å². The van der Waals surface area contributed by atoms with Crippen molar-refractivity contribution in [2.24, 2.45) is 0 Å². The fourth-order valence-electron chi connectivity index (χ4n) is 1.92. The lowest BCUT2D eigenvalue weighted by Crippen LogP contribution is -2.11. The van der Waals surface area contributed by atoms with E-state index in [1.807, 2.05) is 24.3 Å². The van der Waals surface area contributed by atoms with Crippen molar-refractivity contribution in [3.05, 3.63) is 76.0 Å². The van der Waals surface area contributed by atoms with Crippen molar-refractivity contribution >= 4 is 34.0 Å². The molecule has 4 nitrogen and oxygen atoms in total. The lowest BCUT2D eigenvalue weighted by Gasteiger charge is -2.00. The molecule has 0 fully saturated rings. The minimum absolute atomic E-state index is 0.185. The van der Waals surface area contributed by atoms with E-state index in [9.17, 15) is 4.79 Å². The molecule has 0 unspecified atom stereocenters. The maximum Gasteiger partial charge on any atom is 0.257 e. The van der Waals surface area contributed by atoms with E-state index in [1.54, 1.807) is 30.7 Å². The Morgan fingerprint density at radius 2 is 1.86 bits per heavy atom. The molecule has 6 heteroatoms. The van der Waals surface area contributed by atoms with Gasteiger partial charge in [-0.05, 0) is 29.8 Å². The summed E-state index contributed by atoms with van der Waals surface area (Å²) < 4.78 is 0. The van der Waals surface area contributed by atoms with E-state index >= 15 is 0 Å². The summed E-state index contributed by atoms with van der Waals surface area (Å²) in [5.41, 5.74) is 1.71. The maximum atomic E-state index is 12.0. The van der Waals surface area contributed by atoms with Crippen LogP contribution in [0.5, 0.6) is 0 Å². The van der Waals surface area contributed by atoms with Crippen molar-refractivity contribution in [3.63, 3.8) is 0 Å². The Morgan fingerprint density at radius 1 is 1.14 bits per heavy atom. The number of thiazole rings is 1. The molecule has 0 bridgehead atoms. The van der Waals surface area contributed by atoms with E-state index in [-0.39, 0.29) is 5.91 Å². The first-order valence-corrected chi connectivity index (χ1v) is 7.81. The highest BCUT2D eigenvalue weighted by Crippen LogP contribution is 2.22. The van der Waals surface area contributed by atoms with Crippen LogP contribution in [0.15, 0.2) is 55.0 Å². The molecule has 0 aliphatic carbocycles. The third kappa shape index (κ3) is 3.69. The Bertz CT molecular complexity index is 772. The number of nitrogens with zero attached hydrogens (tertiary/aromatic N) is 2. The van der Waals surface area contributed by atoms with Crippen LogP contribution in [0.4, 0.5) is 5.13 Å². The number of halogens is 1. The third-order valence-corrected chi connectivity index (χ3v) is 4.17. The average molecular weight is 330 g/mol. The molecule has 0 atom stereocenters. The Labute approximate surface area is 136 Å². The van der Waals surface area contributed by atoms with Gasteiger partial charge in [-0.25, -0.2) is 4.98 Å². The number of hydrogen-bond donors (Lipinski definition) is 1. The van der Waals surface area contributed by atoms with Crippen LogP contribution >= 0.6 is 22.9 Å². The molecule has 0 saturated carbocycles. The molecule has 2 aromatic heterocycles. The Hall–Kier alpha value is -2.24. The molecule has 0 radical (unpaired) electrons. The van der Waals surface area contributed by atoms with Crippen molar-refractivity contribution in [1.82, 2.24) is 9.97 Å². The predicted molar refractivity (Wildman–Crippen MR) is 88.6 cm³/mol. The van der Waals surface area contributed by atoms with Gasteiger partial charge in [0.2, 0.25) is 0 Å². The fraction of sp³-hybridized carbons (Fsp3) is 0.0625. The largest absolute Gasteiger partial charge is 0.298 e. The lowest BCUT2D eigenvalue weighted by molar-refractivity contribution is 0.102. The van der Waals surface area contributed by atoms with Gasteiger partial charge in [0, 0.05) is 40.5 Å². The van der Waals surface area contributed by atoms with Gasteiger partial charge in [0.25, 0.3) is 5.91 Å². The SMILES string of the molecule is O=C(Nc1ncc(Cc2ccc(Cl)cc2)s1)c1ccncc1. The van der Waals surface area contributed by atoms with E-state index < -0.39 is 0 Å². The molecule has 0 aliphatic heterocycles. The van der Waals surface area contributed by atoms with E-state index in [2.05, 4.69) is 15.3 Å². The average Bonchev–Trinajstić information content (AvgIpc) is 2.97. The summed E-state index contributed by atoms with van der Waals surface area (Å²) in [7, 11) is 0. The Kier molecular flexibility index (Phi) is 4.46. The highest BCUT2D eigenvalue weighted by Gasteiger charge is 2.09. The van der Waals surface area contributed by atoms with Gasteiger partial charge in [-0.2, -0.15) is 0 Å². The first-order valence-electron chi connectivity index (χ1n) is 6.61. The quantitative estimate of drug-likeness (QED) is 0.786. The van der Waals surface area contributed by atoms with Crippen LogP contribution in [-0.2, 0) is 6.42 Å². The highest BCUT2D eigenvalue weighted by molar-refractivity contribution is 7.15. The number of carbonyl (C=O) groups is 1. The summed E-state index contributed by atoms with van der Waals surface area (Å²) >= 11 is 7.34. The third-order valence-electron chi connectivity index (χ3n) is 3.01. The van der Waals surface area contributed by atoms with Gasteiger partial charge in [-0.3, -0.25) is 15.1 Å². The van der Waals surface area contributed by atoms with E-state index in [0.717, 1.165) is 21.9 Å². The van der Waals surface area contributed by atoms with E-state index in [0.29, 0.717) is 10.7 Å². The van der Waals surface area contributed by atoms with Gasteiger partial charge in [0.1, 0.15) is 0 Å². The predicted octanol–water partition coefficient (Wildman–Crippen LogP) is 4.03. The number of rotatable bonds is 4. The standard InChI is InChI=1S/C16H12ClN3OS/c17-13-3-1-11(2-4-13)9-14-10-19-16(22-14)20-15(21)12-5-7-18-8-6-12/h1-8,10H,9H2,(H,19,20,21). The molecule has 2 heterocycles. The molecule has 3 aromatic rings. The zero-order valence-corrected chi connectivity index (χ0v) is 13.1. The van der Waals surface area contributed by atoms with Crippen LogP contribution in [0.3, 0.4) is 0 Å². The van der Waals surface area contributed by atoms with Gasteiger partial charge in [0.15, 0.2) is 5.13 Å². The van der Waals surface area contributed by atoms with Crippen LogP contribution in [0.25, 0.3) is 0 Å². The molecule has 0 aliphatic rings. The molecule has 3 rings (SSSR count). The molecule has 0 spiro atoms. The summed E-state index contributed by atoms with van der Waals surface area (Å²) in [5.74, 6) is -0.185. The van der Waals surface area contributed by atoms with Crippen molar-refractivity contribution in [3.8, 4) is 0 Å². The first kappa shape index (κ1) is 14.7. The van der Waals surface area contributed by atoms with Crippen LogP contribution in [0, 0.1) is 0 Å². The van der Waals surface area contributed by atoms with Gasteiger partial charge in [-0.15, -0.1) is 11.3 Å². The smallest absolute Gasteiger partial charge is 0.257 e. The maximum absolute atomic E-state index is 12.0. The first-order chi connectivity index (χ1) is 10.7. The second-order valence-electron chi connectivity index (χ2n) is 4.62. The summed E-state index contributed by atoms with van der Waals surface area (Å²) in [5, 5.41) is 4.10. The Morgan fingerprint density at radius 3 is 2.59 bits per heavy atom. The summed E-state index contributed by atoms with van der Waals surface area (Å²) in [6.07, 6.45) is 5.72. The second-order valence-corrected chi connectivity index (χ2v) is 6.18. The molecular formula is C16H12ClN3OS. The van der Waals surface area contributed by atoms with Gasteiger partial charge in [-0.1, -0.05) is 23.7 Å². The molecule has 110 valence electrons. The van der Waals surface area contributed by atoms with Crippen molar-refractivity contribution in [1.29, 1.82) is 0 Å². The number of hydrogen-bond acceptors (Lipinski definition) is 4. The zero-order chi connectivity index (χ0) is 15.4. The monoisotopic (exact) mass is 329 g/mol. The molecule has 1 N–H and O–H groups in total. The Balaban J connectivity index is 1.66. The highest BCUT2D eigenvalue weighted by atomic mass is 35.5. The lowest BCUT2D eigenvalue weighted by atomic mass is 10.1. The number of nitrogens with one attached hydrogen (secondary N) is 1. The number of benzene rings is 1. The minimum Gasteiger partial charge on any atom is -0.298 e. The number of amides is 1. The van der Waals surface area contributed by atoms with Crippen molar-refractivity contribution < 1.29 is 4.79 Å². The molecule has 0 saturated heterocycles. The number of aromatic nitrogens is 2. The van der Waals surface area contributed by atoms with Crippen molar-refractivity contribution in [2.45, 2.75) is 6.42 Å². The number of pyridine rings is 1. The fourth-order valence-corrected chi connectivity index (χ4v) is 2.89. The minimum atomic E-state index is -0.185. The molecule has 22 heavy (non-hydrogen) atoms. The molecular weight excluding hydrogens is 318 g/mol. The van der Waals surface area contributed by atoms with Crippen molar-refractivity contribution in [2.75, 3.05) is 5.32 Å². The number of anilines is 1. The van der Waals surface area contributed by atoms with Crippen LogP contribution in [0.2, 0.25) is 5.02 Å². The van der Waals surface area contributed by atoms with Gasteiger partial charge in [0.05, 0.1) is 0 Å². The molecule has 1 aromatic carbocycles. The molecule has 1 amide bonds.